The minimum atomic E-state index is -0.178. The van der Waals surface area contributed by atoms with Gasteiger partial charge in [-0.25, -0.2) is 9.48 Å². The smallest absolute Gasteiger partial charge is 0.315 e. The minimum Gasteiger partial charge on any atom is -0.493 e. The van der Waals surface area contributed by atoms with Crippen LogP contribution in [0.1, 0.15) is 23.6 Å². The van der Waals surface area contributed by atoms with Crippen molar-refractivity contribution < 1.29 is 9.53 Å². The predicted molar refractivity (Wildman–Crippen MR) is 98.2 cm³/mol. The number of benzene rings is 2. The van der Waals surface area contributed by atoms with Crippen molar-refractivity contribution in [3.05, 3.63) is 78.1 Å². The van der Waals surface area contributed by atoms with Gasteiger partial charge in [0.05, 0.1) is 18.3 Å². The second-order valence-electron chi connectivity index (χ2n) is 6.17. The first-order chi connectivity index (χ1) is 12.8. The molecule has 4 rings (SSSR count). The van der Waals surface area contributed by atoms with Gasteiger partial charge in [0.25, 0.3) is 0 Å². The summed E-state index contributed by atoms with van der Waals surface area (Å²) >= 11 is 0. The van der Waals surface area contributed by atoms with E-state index in [0.717, 1.165) is 29.0 Å². The van der Waals surface area contributed by atoms with Crippen LogP contribution in [-0.4, -0.2) is 22.4 Å². The van der Waals surface area contributed by atoms with Crippen molar-refractivity contribution in [1.82, 2.24) is 20.4 Å². The molecule has 0 aliphatic carbocycles. The fourth-order valence-corrected chi connectivity index (χ4v) is 3.07. The van der Waals surface area contributed by atoms with Crippen LogP contribution in [0.15, 0.2) is 67.0 Å². The minimum absolute atomic E-state index is 0.0258. The zero-order chi connectivity index (χ0) is 17.8. The zero-order valence-corrected chi connectivity index (χ0v) is 14.3. The molecule has 6 nitrogen and oxygen atoms in total. The fraction of sp³-hybridized carbons (Fsp3) is 0.200. The van der Waals surface area contributed by atoms with Crippen LogP contribution in [-0.2, 0) is 6.54 Å². The Morgan fingerprint density at radius 2 is 2.00 bits per heavy atom. The first-order valence-electron chi connectivity index (χ1n) is 8.65. The number of ether oxygens (including phenoxy) is 1. The van der Waals surface area contributed by atoms with Crippen LogP contribution in [0.3, 0.4) is 0 Å². The number of para-hydroxylation sites is 1. The number of fused-ring (bicyclic) bond motifs is 1. The van der Waals surface area contributed by atoms with E-state index in [-0.39, 0.29) is 12.1 Å². The molecule has 1 aliphatic heterocycles. The quantitative estimate of drug-likeness (QED) is 0.761. The lowest BCUT2D eigenvalue weighted by Gasteiger charge is -2.26. The monoisotopic (exact) mass is 348 g/mol. The molecule has 3 aromatic rings. The highest BCUT2D eigenvalue weighted by molar-refractivity contribution is 5.74. The summed E-state index contributed by atoms with van der Waals surface area (Å²) in [6.45, 7) is 1.08. The van der Waals surface area contributed by atoms with Crippen molar-refractivity contribution in [2.75, 3.05) is 6.61 Å². The molecule has 0 fully saturated rings. The van der Waals surface area contributed by atoms with Crippen LogP contribution in [0.25, 0.3) is 5.69 Å². The van der Waals surface area contributed by atoms with E-state index in [0.29, 0.717) is 13.2 Å². The average Bonchev–Trinajstić information content (AvgIpc) is 3.22. The Kier molecular flexibility index (Phi) is 4.55. The highest BCUT2D eigenvalue weighted by Crippen LogP contribution is 2.31. The molecule has 26 heavy (non-hydrogen) atoms. The number of nitrogens with one attached hydrogen (secondary N) is 2. The predicted octanol–water partition coefficient (Wildman–Crippen LogP) is 3.20. The molecule has 1 aromatic heterocycles. The molecule has 0 radical (unpaired) electrons. The molecule has 1 aliphatic rings. The molecule has 0 bridgehead atoms. The van der Waals surface area contributed by atoms with Gasteiger partial charge in [0.2, 0.25) is 0 Å². The van der Waals surface area contributed by atoms with E-state index in [1.165, 1.54) is 0 Å². The second-order valence-corrected chi connectivity index (χ2v) is 6.17. The van der Waals surface area contributed by atoms with Gasteiger partial charge in [-0.15, -0.1) is 0 Å². The maximum absolute atomic E-state index is 12.3. The number of nitrogens with zero attached hydrogens (tertiary/aromatic N) is 2. The molecule has 0 unspecified atom stereocenters. The van der Waals surface area contributed by atoms with Crippen molar-refractivity contribution in [3.8, 4) is 11.4 Å². The van der Waals surface area contributed by atoms with E-state index in [9.17, 15) is 4.79 Å². The van der Waals surface area contributed by atoms with E-state index in [1.807, 2.05) is 60.8 Å². The summed E-state index contributed by atoms with van der Waals surface area (Å²) in [6.07, 6.45) is 4.41. The number of aromatic nitrogens is 2. The Morgan fingerprint density at radius 3 is 2.81 bits per heavy atom. The van der Waals surface area contributed by atoms with E-state index in [4.69, 9.17) is 4.74 Å². The molecule has 1 atom stereocenters. The first-order valence-corrected chi connectivity index (χ1v) is 8.65. The summed E-state index contributed by atoms with van der Waals surface area (Å²) < 4.78 is 7.43. The van der Waals surface area contributed by atoms with Gasteiger partial charge in [-0.2, -0.15) is 5.10 Å². The Labute approximate surface area is 151 Å². The highest BCUT2D eigenvalue weighted by atomic mass is 16.5. The molecule has 2 amide bonds. The SMILES string of the molecule is O=C(NCc1ccc(-n2cccn2)cc1)N[C@H]1CCOc2ccccc21. The average molecular weight is 348 g/mol. The van der Waals surface area contributed by atoms with Crippen molar-refractivity contribution in [2.24, 2.45) is 0 Å². The molecular weight excluding hydrogens is 328 g/mol. The van der Waals surface area contributed by atoms with Crippen LogP contribution in [0.5, 0.6) is 5.75 Å². The summed E-state index contributed by atoms with van der Waals surface area (Å²) in [5, 5.41) is 10.2. The molecule has 6 heteroatoms. The molecule has 0 saturated carbocycles. The van der Waals surface area contributed by atoms with Gasteiger partial charge in [0.1, 0.15) is 5.75 Å². The van der Waals surface area contributed by atoms with E-state index >= 15 is 0 Å². The molecule has 0 spiro atoms. The largest absolute Gasteiger partial charge is 0.493 e. The van der Waals surface area contributed by atoms with Crippen molar-refractivity contribution in [1.29, 1.82) is 0 Å². The summed E-state index contributed by atoms with van der Waals surface area (Å²) in [4.78, 5) is 12.3. The Hall–Kier alpha value is -3.28. The number of urea groups is 1. The second kappa shape index (κ2) is 7.31. The number of rotatable bonds is 4. The van der Waals surface area contributed by atoms with Gasteiger partial charge in [0.15, 0.2) is 0 Å². The van der Waals surface area contributed by atoms with Gasteiger partial charge in [0, 0.05) is 30.9 Å². The number of hydrogen-bond acceptors (Lipinski definition) is 3. The molecule has 2 N–H and O–H groups in total. The normalized spacial score (nSPS) is 15.6. The van der Waals surface area contributed by atoms with E-state index < -0.39 is 0 Å². The van der Waals surface area contributed by atoms with Crippen LogP contribution in [0.4, 0.5) is 4.79 Å². The van der Waals surface area contributed by atoms with Crippen molar-refractivity contribution in [2.45, 2.75) is 19.0 Å². The summed E-state index contributed by atoms with van der Waals surface area (Å²) in [7, 11) is 0. The maximum atomic E-state index is 12.3. The van der Waals surface area contributed by atoms with Gasteiger partial charge in [-0.05, 0) is 29.8 Å². The van der Waals surface area contributed by atoms with Gasteiger partial charge >= 0.3 is 6.03 Å². The van der Waals surface area contributed by atoms with Crippen LogP contribution < -0.4 is 15.4 Å². The fourth-order valence-electron chi connectivity index (χ4n) is 3.07. The summed E-state index contributed by atoms with van der Waals surface area (Å²) in [5.74, 6) is 0.846. The van der Waals surface area contributed by atoms with Crippen molar-refractivity contribution >= 4 is 6.03 Å². The summed E-state index contributed by atoms with van der Waals surface area (Å²) in [6, 6.07) is 17.4. The van der Waals surface area contributed by atoms with E-state index in [2.05, 4.69) is 15.7 Å². The van der Waals surface area contributed by atoms with Crippen LogP contribution in [0.2, 0.25) is 0 Å². The lowest BCUT2D eigenvalue weighted by Crippen LogP contribution is -2.39. The number of amides is 2. The van der Waals surface area contributed by atoms with Gasteiger partial charge in [-0.1, -0.05) is 30.3 Å². The molecule has 132 valence electrons. The molecule has 2 aromatic carbocycles. The highest BCUT2D eigenvalue weighted by Gasteiger charge is 2.22. The summed E-state index contributed by atoms with van der Waals surface area (Å²) in [5.41, 5.74) is 3.04. The Balaban J connectivity index is 1.33. The van der Waals surface area contributed by atoms with Crippen LogP contribution >= 0.6 is 0 Å². The third-order valence-corrected chi connectivity index (χ3v) is 4.42. The zero-order valence-electron chi connectivity index (χ0n) is 14.3. The molecule has 2 heterocycles. The Bertz CT molecular complexity index is 875. The number of carbonyl (C=O) groups is 1. The number of carbonyl (C=O) groups excluding carboxylic acids is 1. The maximum Gasteiger partial charge on any atom is 0.315 e. The lowest BCUT2D eigenvalue weighted by molar-refractivity contribution is 0.223. The third-order valence-electron chi connectivity index (χ3n) is 4.42. The van der Waals surface area contributed by atoms with Crippen LogP contribution in [0, 0.1) is 0 Å². The standard InChI is InChI=1S/C20H20N4O2/c25-20(23-18-10-13-26-19-5-2-1-4-17(18)19)21-14-15-6-8-16(9-7-15)24-12-3-11-22-24/h1-9,11-12,18H,10,13-14H2,(H2,21,23,25)/t18-/m0/s1. The third kappa shape index (κ3) is 3.54. The van der Waals surface area contributed by atoms with Gasteiger partial charge < -0.3 is 15.4 Å². The lowest BCUT2D eigenvalue weighted by atomic mass is 10.0. The first kappa shape index (κ1) is 16.2. The van der Waals surface area contributed by atoms with Gasteiger partial charge in [-0.3, -0.25) is 0 Å². The van der Waals surface area contributed by atoms with Crippen molar-refractivity contribution in [3.63, 3.8) is 0 Å². The Morgan fingerprint density at radius 1 is 1.15 bits per heavy atom. The number of hydrogen-bond donors (Lipinski definition) is 2. The molecule has 0 saturated heterocycles. The molecular formula is C20H20N4O2. The topological polar surface area (TPSA) is 68.2 Å². The van der Waals surface area contributed by atoms with E-state index in [1.54, 1.807) is 10.9 Å².